The van der Waals surface area contributed by atoms with Crippen molar-refractivity contribution in [1.29, 1.82) is 0 Å². The molecule has 0 radical (unpaired) electrons. The summed E-state index contributed by atoms with van der Waals surface area (Å²) >= 11 is 0. The number of hydrogen-bond donors (Lipinski definition) is 3. The van der Waals surface area contributed by atoms with Gasteiger partial charge in [-0.3, -0.25) is 9.59 Å². The number of nitrogens with two attached hydrogens (primary N) is 1. The number of hydrogen-bond acceptors (Lipinski definition) is 3. The first-order chi connectivity index (χ1) is 6.43. The maximum atomic E-state index is 11.3. The molecule has 4 N–H and O–H groups in total. The highest BCUT2D eigenvalue weighted by molar-refractivity contribution is 5.83. The van der Waals surface area contributed by atoms with E-state index in [1.807, 2.05) is 0 Å². The molecule has 5 heteroatoms. The standard InChI is InChI=1S/C9H16N2O3/c1-6(8(13)14)11-7(12)5-9(10)3-2-4-9/h6H,2-5,10H2,1H3,(H,11,12)(H,13,14). The number of carbonyl (C=O) groups excluding carboxylic acids is 1. The molecule has 1 saturated carbocycles. The molecule has 0 aromatic carbocycles. The van der Waals surface area contributed by atoms with Crippen molar-refractivity contribution in [3.05, 3.63) is 0 Å². The zero-order valence-electron chi connectivity index (χ0n) is 8.25. The molecule has 0 spiro atoms. The van der Waals surface area contributed by atoms with Gasteiger partial charge in [0.1, 0.15) is 6.04 Å². The second kappa shape index (κ2) is 3.96. The van der Waals surface area contributed by atoms with Gasteiger partial charge in [-0.05, 0) is 26.2 Å². The minimum Gasteiger partial charge on any atom is -0.480 e. The van der Waals surface area contributed by atoms with Crippen molar-refractivity contribution >= 4 is 11.9 Å². The summed E-state index contributed by atoms with van der Waals surface area (Å²) in [6.45, 7) is 1.43. The van der Waals surface area contributed by atoms with E-state index in [1.54, 1.807) is 0 Å². The fraction of sp³-hybridized carbons (Fsp3) is 0.778. The molecule has 0 saturated heterocycles. The average molecular weight is 200 g/mol. The molecule has 14 heavy (non-hydrogen) atoms. The molecule has 1 amide bonds. The van der Waals surface area contributed by atoms with Gasteiger partial charge in [0.15, 0.2) is 0 Å². The van der Waals surface area contributed by atoms with Gasteiger partial charge in [-0.15, -0.1) is 0 Å². The maximum Gasteiger partial charge on any atom is 0.325 e. The molecule has 1 aliphatic carbocycles. The maximum absolute atomic E-state index is 11.3. The number of aliphatic carboxylic acids is 1. The Kier molecular flexibility index (Phi) is 3.10. The van der Waals surface area contributed by atoms with Gasteiger partial charge in [0, 0.05) is 12.0 Å². The van der Waals surface area contributed by atoms with Crippen LogP contribution < -0.4 is 11.1 Å². The predicted molar refractivity (Wildman–Crippen MR) is 50.6 cm³/mol. The summed E-state index contributed by atoms with van der Waals surface area (Å²) in [4.78, 5) is 21.7. The van der Waals surface area contributed by atoms with Crippen molar-refractivity contribution in [2.24, 2.45) is 5.73 Å². The molecule has 5 nitrogen and oxygen atoms in total. The van der Waals surface area contributed by atoms with Crippen molar-refractivity contribution < 1.29 is 14.7 Å². The number of nitrogens with one attached hydrogen (secondary N) is 1. The SMILES string of the molecule is CC(NC(=O)CC1(N)CCC1)C(=O)O. The second-order valence-electron chi connectivity index (χ2n) is 4.02. The Morgan fingerprint density at radius 3 is 2.50 bits per heavy atom. The van der Waals surface area contributed by atoms with Gasteiger partial charge in [-0.1, -0.05) is 0 Å². The topological polar surface area (TPSA) is 92.4 Å². The zero-order chi connectivity index (χ0) is 10.8. The van der Waals surface area contributed by atoms with E-state index in [0.29, 0.717) is 0 Å². The van der Waals surface area contributed by atoms with Gasteiger partial charge in [-0.2, -0.15) is 0 Å². The number of carboxylic acid groups (broad SMARTS) is 1. The van der Waals surface area contributed by atoms with E-state index < -0.39 is 12.0 Å². The van der Waals surface area contributed by atoms with Crippen LogP contribution in [0.15, 0.2) is 0 Å². The summed E-state index contributed by atoms with van der Waals surface area (Å²) in [7, 11) is 0. The molecule has 1 unspecified atom stereocenters. The Morgan fingerprint density at radius 1 is 1.57 bits per heavy atom. The van der Waals surface area contributed by atoms with E-state index in [0.717, 1.165) is 19.3 Å². The van der Waals surface area contributed by atoms with Crippen LogP contribution in [0.1, 0.15) is 32.6 Å². The van der Waals surface area contributed by atoms with E-state index in [1.165, 1.54) is 6.92 Å². The molecule has 0 aliphatic heterocycles. The van der Waals surface area contributed by atoms with Crippen molar-refractivity contribution in [3.8, 4) is 0 Å². The van der Waals surface area contributed by atoms with E-state index >= 15 is 0 Å². The highest BCUT2D eigenvalue weighted by atomic mass is 16.4. The molecule has 80 valence electrons. The molecule has 1 rings (SSSR count). The van der Waals surface area contributed by atoms with Gasteiger partial charge in [0.2, 0.25) is 5.91 Å². The van der Waals surface area contributed by atoms with E-state index in [-0.39, 0.29) is 17.9 Å². The summed E-state index contributed by atoms with van der Waals surface area (Å²) in [6, 6.07) is -0.842. The lowest BCUT2D eigenvalue weighted by atomic mass is 9.75. The predicted octanol–water partition coefficient (Wildman–Crippen LogP) is -0.153. The Labute approximate surface area is 82.7 Å². The molecular weight excluding hydrogens is 184 g/mol. The molecule has 1 fully saturated rings. The van der Waals surface area contributed by atoms with Crippen LogP contribution in [0, 0.1) is 0 Å². The Bertz CT molecular complexity index is 248. The van der Waals surface area contributed by atoms with E-state index in [2.05, 4.69) is 5.32 Å². The largest absolute Gasteiger partial charge is 0.480 e. The van der Waals surface area contributed by atoms with Crippen LogP contribution in [-0.2, 0) is 9.59 Å². The first kappa shape index (κ1) is 11.0. The molecule has 1 aliphatic rings. The third-order valence-corrected chi connectivity index (χ3v) is 2.61. The summed E-state index contributed by atoms with van der Waals surface area (Å²) in [6.07, 6.45) is 2.98. The highest BCUT2D eigenvalue weighted by Gasteiger charge is 2.35. The first-order valence-corrected chi connectivity index (χ1v) is 4.74. The molecule has 0 heterocycles. The number of carbonyl (C=O) groups is 2. The minimum atomic E-state index is -1.03. The monoisotopic (exact) mass is 200 g/mol. The zero-order valence-corrected chi connectivity index (χ0v) is 8.25. The molecule has 1 atom stereocenters. The molecule has 0 bridgehead atoms. The van der Waals surface area contributed by atoms with Gasteiger partial charge >= 0.3 is 5.97 Å². The van der Waals surface area contributed by atoms with Gasteiger partial charge in [0.05, 0.1) is 0 Å². The van der Waals surface area contributed by atoms with Crippen LogP contribution in [0.5, 0.6) is 0 Å². The number of carboxylic acids is 1. The Hall–Kier alpha value is -1.10. The smallest absolute Gasteiger partial charge is 0.325 e. The molecule has 0 aromatic rings. The van der Waals surface area contributed by atoms with Gasteiger partial charge < -0.3 is 16.2 Å². The fourth-order valence-electron chi connectivity index (χ4n) is 1.48. The molecular formula is C9H16N2O3. The quantitative estimate of drug-likeness (QED) is 0.588. The van der Waals surface area contributed by atoms with Crippen LogP contribution in [0.4, 0.5) is 0 Å². The lowest BCUT2D eigenvalue weighted by Gasteiger charge is -2.37. The van der Waals surface area contributed by atoms with Crippen LogP contribution in [-0.4, -0.2) is 28.6 Å². The van der Waals surface area contributed by atoms with Crippen LogP contribution in [0.3, 0.4) is 0 Å². The second-order valence-corrected chi connectivity index (χ2v) is 4.02. The van der Waals surface area contributed by atoms with Crippen LogP contribution in [0.25, 0.3) is 0 Å². The normalized spacial score (nSPS) is 20.7. The van der Waals surface area contributed by atoms with Crippen molar-refractivity contribution in [1.82, 2.24) is 5.32 Å². The van der Waals surface area contributed by atoms with Crippen molar-refractivity contribution in [2.45, 2.75) is 44.2 Å². The summed E-state index contributed by atoms with van der Waals surface area (Å²) in [5.74, 6) is -1.31. The Balaban J connectivity index is 2.32. The number of amides is 1. The van der Waals surface area contributed by atoms with E-state index in [9.17, 15) is 9.59 Å². The number of rotatable bonds is 4. The summed E-state index contributed by atoms with van der Waals surface area (Å²) in [5.41, 5.74) is 5.46. The first-order valence-electron chi connectivity index (χ1n) is 4.74. The summed E-state index contributed by atoms with van der Waals surface area (Å²) in [5, 5.41) is 10.9. The molecule has 0 aromatic heterocycles. The third kappa shape index (κ3) is 2.70. The van der Waals surface area contributed by atoms with Gasteiger partial charge in [-0.25, -0.2) is 0 Å². The fourth-order valence-corrected chi connectivity index (χ4v) is 1.48. The minimum absolute atomic E-state index is 0.227. The van der Waals surface area contributed by atoms with Crippen molar-refractivity contribution in [3.63, 3.8) is 0 Å². The lowest BCUT2D eigenvalue weighted by molar-refractivity contribution is -0.141. The third-order valence-electron chi connectivity index (χ3n) is 2.61. The van der Waals surface area contributed by atoms with Crippen LogP contribution >= 0.6 is 0 Å². The lowest BCUT2D eigenvalue weighted by Crippen LogP contribution is -2.51. The average Bonchev–Trinajstić information content (AvgIpc) is 2.00. The summed E-state index contributed by atoms with van der Waals surface area (Å²) < 4.78 is 0. The highest BCUT2D eigenvalue weighted by Crippen LogP contribution is 2.31. The Morgan fingerprint density at radius 2 is 2.14 bits per heavy atom. The van der Waals surface area contributed by atoms with Gasteiger partial charge in [0.25, 0.3) is 0 Å². The van der Waals surface area contributed by atoms with E-state index in [4.69, 9.17) is 10.8 Å². The van der Waals surface area contributed by atoms with Crippen molar-refractivity contribution in [2.75, 3.05) is 0 Å². The van der Waals surface area contributed by atoms with Crippen LogP contribution in [0.2, 0.25) is 0 Å².